The fraction of sp³-hybridized carbons (Fsp3) is 0.417. The van der Waals surface area contributed by atoms with Crippen LogP contribution in [0.4, 0.5) is 5.69 Å². The van der Waals surface area contributed by atoms with Crippen molar-refractivity contribution >= 4 is 21.6 Å². The van der Waals surface area contributed by atoms with E-state index in [-0.39, 0.29) is 33.2 Å². The second-order valence-corrected chi connectivity index (χ2v) is 11.7. The molecule has 1 aliphatic carbocycles. The number of anilines is 1. The number of likely N-dealkylation sites (tertiary alicyclic amines) is 1. The Morgan fingerprint density at radius 2 is 1.84 bits per heavy atom. The summed E-state index contributed by atoms with van der Waals surface area (Å²) in [5.74, 6) is 0.00236. The molecule has 0 aromatic heterocycles. The molecule has 1 heterocycles. The van der Waals surface area contributed by atoms with Gasteiger partial charge in [0, 0.05) is 23.8 Å². The lowest BCUT2D eigenvalue weighted by Gasteiger charge is -2.39. The predicted molar refractivity (Wildman–Crippen MR) is 119 cm³/mol. The topological polar surface area (TPSA) is 90.3 Å². The second-order valence-electron chi connectivity index (χ2n) is 9.97. The Morgan fingerprint density at radius 1 is 1.13 bits per heavy atom. The van der Waals surface area contributed by atoms with Gasteiger partial charge in [0.15, 0.2) is 0 Å². The summed E-state index contributed by atoms with van der Waals surface area (Å²) in [5.41, 5.74) is 1.60. The summed E-state index contributed by atoms with van der Waals surface area (Å²) in [6.45, 7) is 7.59. The van der Waals surface area contributed by atoms with Crippen LogP contribution in [0.3, 0.4) is 0 Å². The Balaban J connectivity index is 1.50. The molecule has 2 atom stereocenters. The molecule has 1 amide bonds. The SMILES string of the molecule is CC1(C)CC2CC(C)(CN2C(=O)c2ccc(NS(=O)(=O)c3cccc(C#N)c3)cc2)C1. The standard InChI is InChI=1S/C24H27N3O3S/c1-23(2)12-20-13-24(3,15-23)16-27(20)22(28)18-7-9-19(10-8-18)26-31(29,30)21-6-4-5-17(11-21)14-25/h4-11,20,26H,12-13,15-16H2,1-3H3. The number of nitrogens with zero attached hydrogens (tertiary/aromatic N) is 2. The van der Waals surface area contributed by atoms with Gasteiger partial charge in [-0.15, -0.1) is 0 Å². The zero-order chi connectivity index (χ0) is 22.4. The summed E-state index contributed by atoms with van der Waals surface area (Å²) < 4.78 is 27.8. The minimum atomic E-state index is -3.82. The maximum Gasteiger partial charge on any atom is 0.261 e. The maximum absolute atomic E-state index is 13.2. The van der Waals surface area contributed by atoms with E-state index in [1.54, 1.807) is 30.3 Å². The van der Waals surface area contributed by atoms with Crippen LogP contribution in [-0.4, -0.2) is 31.8 Å². The normalized spacial score (nSPS) is 24.5. The molecule has 2 aromatic carbocycles. The van der Waals surface area contributed by atoms with Crippen LogP contribution in [0.25, 0.3) is 0 Å². The number of sulfonamides is 1. The van der Waals surface area contributed by atoms with Crippen LogP contribution < -0.4 is 4.72 Å². The van der Waals surface area contributed by atoms with Crippen LogP contribution in [-0.2, 0) is 10.0 Å². The summed E-state index contributed by atoms with van der Waals surface area (Å²) in [4.78, 5) is 15.2. The van der Waals surface area contributed by atoms with Gasteiger partial charge in [-0.3, -0.25) is 9.52 Å². The third-order valence-electron chi connectivity index (χ3n) is 6.33. The minimum absolute atomic E-state index is 0.00236. The Bertz CT molecular complexity index is 1170. The largest absolute Gasteiger partial charge is 0.335 e. The summed E-state index contributed by atoms with van der Waals surface area (Å²) in [6, 6.07) is 14.6. The van der Waals surface area contributed by atoms with Crippen molar-refractivity contribution in [1.82, 2.24) is 4.90 Å². The molecule has 2 aromatic rings. The van der Waals surface area contributed by atoms with Gasteiger partial charge in [0.05, 0.1) is 16.5 Å². The minimum Gasteiger partial charge on any atom is -0.335 e. The molecule has 2 aliphatic rings. The summed E-state index contributed by atoms with van der Waals surface area (Å²) in [6.07, 6.45) is 3.17. The molecule has 4 rings (SSSR count). The molecule has 0 radical (unpaired) electrons. The number of amides is 1. The van der Waals surface area contributed by atoms with Crippen LogP contribution in [0.1, 0.15) is 56.0 Å². The van der Waals surface area contributed by atoms with Crippen molar-refractivity contribution in [3.63, 3.8) is 0 Å². The number of nitrogens with one attached hydrogen (secondary N) is 1. The smallest absolute Gasteiger partial charge is 0.261 e. The molecule has 1 aliphatic heterocycles. The number of hydrogen-bond donors (Lipinski definition) is 1. The van der Waals surface area contributed by atoms with Gasteiger partial charge in [0.1, 0.15) is 0 Å². The van der Waals surface area contributed by atoms with Gasteiger partial charge in [0.25, 0.3) is 15.9 Å². The Labute approximate surface area is 183 Å². The van der Waals surface area contributed by atoms with E-state index in [1.165, 1.54) is 18.2 Å². The number of benzene rings is 2. The maximum atomic E-state index is 13.2. The van der Waals surface area contributed by atoms with Gasteiger partial charge in [-0.25, -0.2) is 8.42 Å². The van der Waals surface area contributed by atoms with E-state index in [1.807, 2.05) is 11.0 Å². The molecule has 7 heteroatoms. The molecule has 6 nitrogen and oxygen atoms in total. The lowest BCUT2D eigenvalue weighted by molar-refractivity contribution is 0.0708. The van der Waals surface area contributed by atoms with E-state index in [4.69, 9.17) is 5.26 Å². The number of hydrogen-bond acceptors (Lipinski definition) is 4. The number of carbonyl (C=O) groups is 1. The molecule has 1 saturated heterocycles. The van der Waals surface area contributed by atoms with Gasteiger partial charge in [-0.05, 0) is 72.6 Å². The lowest BCUT2D eigenvalue weighted by Crippen LogP contribution is -2.37. The van der Waals surface area contributed by atoms with Gasteiger partial charge in [-0.2, -0.15) is 5.26 Å². The first-order chi connectivity index (χ1) is 14.5. The van der Waals surface area contributed by atoms with Crippen LogP contribution >= 0.6 is 0 Å². The summed E-state index contributed by atoms with van der Waals surface area (Å²) in [7, 11) is -3.82. The van der Waals surface area contributed by atoms with Crippen LogP contribution in [0.2, 0.25) is 0 Å². The number of carbonyl (C=O) groups excluding carboxylic acids is 1. The average molecular weight is 438 g/mol. The molecule has 1 N–H and O–H groups in total. The first-order valence-corrected chi connectivity index (χ1v) is 11.9. The molecule has 2 unspecified atom stereocenters. The van der Waals surface area contributed by atoms with Crippen molar-refractivity contribution in [2.75, 3.05) is 11.3 Å². The highest BCUT2D eigenvalue weighted by molar-refractivity contribution is 7.92. The van der Waals surface area contributed by atoms with Crippen molar-refractivity contribution in [2.45, 2.75) is 51.0 Å². The summed E-state index contributed by atoms with van der Waals surface area (Å²) in [5, 5.41) is 8.99. The van der Waals surface area contributed by atoms with Crippen LogP contribution in [0, 0.1) is 22.2 Å². The quantitative estimate of drug-likeness (QED) is 0.768. The molecular weight excluding hydrogens is 410 g/mol. The van der Waals surface area contributed by atoms with Crippen LogP contribution in [0.15, 0.2) is 53.4 Å². The van der Waals surface area contributed by atoms with E-state index in [0.29, 0.717) is 11.3 Å². The van der Waals surface area contributed by atoms with Crippen molar-refractivity contribution in [3.8, 4) is 6.07 Å². The van der Waals surface area contributed by atoms with Gasteiger partial charge in [-0.1, -0.05) is 26.8 Å². The zero-order valence-corrected chi connectivity index (χ0v) is 18.9. The molecular formula is C24H27N3O3S. The average Bonchev–Trinajstić information content (AvgIpc) is 2.96. The Hall–Kier alpha value is -2.85. The first-order valence-electron chi connectivity index (χ1n) is 10.4. The number of rotatable bonds is 4. The van der Waals surface area contributed by atoms with E-state index < -0.39 is 10.0 Å². The predicted octanol–water partition coefficient (Wildman–Crippen LogP) is 4.40. The lowest BCUT2D eigenvalue weighted by atomic mass is 9.65. The fourth-order valence-corrected chi connectivity index (χ4v) is 6.59. The van der Waals surface area contributed by atoms with E-state index in [2.05, 4.69) is 25.5 Å². The van der Waals surface area contributed by atoms with E-state index in [0.717, 1.165) is 25.8 Å². The molecule has 0 spiro atoms. The third-order valence-corrected chi connectivity index (χ3v) is 7.71. The van der Waals surface area contributed by atoms with Gasteiger partial charge in [0.2, 0.25) is 0 Å². The van der Waals surface area contributed by atoms with Gasteiger partial charge < -0.3 is 4.90 Å². The van der Waals surface area contributed by atoms with Gasteiger partial charge >= 0.3 is 0 Å². The molecule has 1 saturated carbocycles. The van der Waals surface area contributed by atoms with Crippen molar-refractivity contribution < 1.29 is 13.2 Å². The van der Waals surface area contributed by atoms with Crippen LogP contribution in [0.5, 0.6) is 0 Å². The summed E-state index contributed by atoms with van der Waals surface area (Å²) >= 11 is 0. The Morgan fingerprint density at radius 3 is 2.52 bits per heavy atom. The van der Waals surface area contributed by atoms with Crippen molar-refractivity contribution in [2.24, 2.45) is 10.8 Å². The monoisotopic (exact) mass is 437 g/mol. The fourth-order valence-electron chi connectivity index (χ4n) is 5.49. The molecule has 162 valence electrons. The zero-order valence-electron chi connectivity index (χ0n) is 18.1. The Kier molecular flexibility index (Phi) is 5.09. The molecule has 2 fully saturated rings. The van der Waals surface area contributed by atoms with Crippen molar-refractivity contribution in [1.29, 1.82) is 5.26 Å². The second kappa shape index (κ2) is 7.38. The highest BCUT2D eigenvalue weighted by atomic mass is 32.2. The number of fused-ring (bicyclic) bond motifs is 2. The van der Waals surface area contributed by atoms with Crippen molar-refractivity contribution in [3.05, 3.63) is 59.7 Å². The molecule has 2 bridgehead atoms. The highest BCUT2D eigenvalue weighted by Gasteiger charge is 2.51. The third kappa shape index (κ3) is 4.31. The van der Waals surface area contributed by atoms with E-state index >= 15 is 0 Å². The van der Waals surface area contributed by atoms with E-state index in [9.17, 15) is 13.2 Å². The molecule has 31 heavy (non-hydrogen) atoms. The first kappa shape index (κ1) is 21.4. The number of nitriles is 1. The highest BCUT2D eigenvalue weighted by Crippen LogP contribution is 2.52.